The molecule has 0 aromatic heterocycles. The largest absolute Gasteiger partial charge is 0.496 e. The number of halogens is 1. The summed E-state index contributed by atoms with van der Waals surface area (Å²) in [5.41, 5.74) is 7.11. The first-order chi connectivity index (χ1) is 9.58. The quantitative estimate of drug-likeness (QED) is 0.913. The smallest absolute Gasteiger partial charge is 0.133 e. The van der Waals surface area contributed by atoms with Crippen molar-refractivity contribution in [2.45, 2.75) is 32.0 Å². The van der Waals surface area contributed by atoms with E-state index in [1.54, 1.807) is 7.11 Å². The summed E-state index contributed by atoms with van der Waals surface area (Å²) in [5, 5.41) is 0. The average molecular weight is 343 g/mol. The third-order valence-corrected chi connectivity index (χ3v) is 4.42. The van der Waals surface area contributed by atoms with Crippen LogP contribution in [0.4, 0.5) is 0 Å². The van der Waals surface area contributed by atoms with Crippen LogP contribution < -0.4 is 10.5 Å². The third kappa shape index (κ3) is 3.17. The second-order valence-electron chi connectivity index (χ2n) is 5.32. The number of benzene rings is 1. The second kappa shape index (κ2) is 6.89. The van der Waals surface area contributed by atoms with Gasteiger partial charge in [0.2, 0.25) is 0 Å². The van der Waals surface area contributed by atoms with Crippen LogP contribution in [0.2, 0.25) is 0 Å². The fraction of sp³-hybridized carbons (Fsp3) is 0.600. The van der Waals surface area contributed by atoms with Gasteiger partial charge in [0.1, 0.15) is 5.75 Å². The van der Waals surface area contributed by atoms with Crippen molar-refractivity contribution in [3.8, 4) is 5.75 Å². The van der Waals surface area contributed by atoms with Crippen molar-refractivity contribution in [1.29, 1.82) is 0 Å². The van der Waals surface area contributed by atoms with Crippen LogP contribution in [-0.4, -0.2) is 43.9 Å². The Bertz CT molecular complexity index is 453. The minimum Gasteiger partial charge on any atom is -0.496 e. The first kappa shape index (κ1) is 15.8. The van der Waals surface area contributed by atoms with Crippen LogP contribution in [-0.2, 0) is 4.74 Å². The summed E-state index contributed by atoms with van der Waals surface area (Å²) in [4.78, 5) is 2.45. The summed E-state index contributed by atoms with van der Waals surface area (Å²) < 4.78 is 12.1. The summed E-state index contributed by atoms with van der Waals surface area (Å²) in [7, 11) is 1.67. The molecule has 2 unspecified atom stereocenters. The standard InChI is InChI=1S/C15H23BrN2O2/c1-10(2)18-6-7-20-14(9-17)15(18)11-4-5-13(19-3)12(16)8-11/h4-5,8,10,14-15H,6-7,9,17H2,1-3H3. The second-order valence-corrected chi connectivity index (χ2v) is 6.17. The molecule has 0 aliphatic carbocycles. The molecule has 1 heterocycles. The Hall–Kier alpha value is -0.620. The number of hydrogen-bond donors (Lipinski definition) is 1. The lowest BCUT2D eigenvalue weighted by atomic mass is 9.96. The van der Waals surface area contributed by atoms with Gasteiger partial charge in [-0.25, -0.2) is 0 Å². The van der Waals surface area contributed by atoms with Gasteiger partial charge in [-0.15, -0.1) is 0 Å². The van der Waals surface area contributed by atoms with E-state index in [2.05, 4.69) is 46.8 Å². The summed E-state index contributed by atoms with van der Waals surface area (Å²) in [6.45, 7) is 6.63. The molecule has 2 rings (SSSR count). The van der Waals surface area contributed by atoms with Gasteiger partial charge in [-0.2, -0.15) is 0 Å². The Balaban J connectivity index is 2.35. The number of hydrogen-bond acceptors (Lipinski definition) is 4. The molecule has 20 heavy (non-hydrogen) atoms. The highest BCUT2D eigenvalue weighted by atomic mass is 79.9. The molecule has 112 valence electrons. The Morgan fingerprint density at radius 2 is 2.25 bits per heavy atom. The third-order valence-electron chi connectivity index (χ3n) is 3.80. The maximum Gasteiger partial charge on any atom is 0.133 e. The van der Waals surface area contributed by atoms with Crippen LogP contribution in [0, 0.1) is 0 Å². The summed E-state index contributed by atoms with van der Waals surface area (Å²) in [5.74, 6) is 0.839. The van der Waals surface area contributed by atoms with Crippen LogP contribution in [0.5, 0.6) is 5.75 Å². The van der Waals surface area contributed by atoms with E-state index in [1.165, 1.54) is 5.56 Å². The molecule has 1 aromatic rings. The minimum atomic E-state index is 0.0337. The molecule has 1 fully saturated rings. The fourth-order valence-electron chi connectivity index (χ4n) is 2.80. The average Bonchev–Trinajstić information content (AvgIpc) is 2.46. The number of nitrogens with two attached hydrogens (primary N) is 1. The molecule has 0 radical (unpaired) electrons. The van der Waals surface area contributed by atoms with Gasteiger partial charge in [-0.3, -0.25) is 4.90 Å². The first-order valence-electron chi connectivity index (χ1n) is 6.99. The van der Waals surface area contributed by atoms with Crippen molar-refractivity contribution < 1.29 is 9.47 Å². The van der Waals surface area contributed by atoms with Crippen LogP contribution >= 0.6 is 15.9 Å². The number of rotatable bonds is 4. The minimum absolute atomic E-state index is 0.0337. The van der Waals surface area contributed by atoms with Gasteiger partial charge < -0.3 is 15.2 Å². The Morgan fingerprint density at radius 1 is 1.50 bits per heavy atom. The molecule has 1 saturated heterocycles. The molecule has 0 saturated carbocycles. The lowest BCUT2D eigenvalue weighted by Crippen LogP contribution is -2.50. The molecular formula is C15H23BrN2O2. The maximum atomic E-state index is 5.90. The number of nitrogens with zero attached hydrogens (tertiary/aromatic N) is 1. The topological polar surface area (TPSA) is 47.7 Å². The molecule has 1 aliphatic rings. The van der Waals surface area contributed by atoms with E-state index in [4.69, 9.17) is 15.2 Å². The van der Waals surface area contributed by atoms with Crippen molar-refractivity contribution in [2.24, 2.45) is 5.73 Å². The van der Waals surface area contributed by atoms with E-state index in [9.17, 15) is 0 Å². The number of methoxy groups -OCH3 is 1. The van der Waals surface area contributed by atoms with Gasteiger partial charge in [0.25, 0.3) is 0 Å². The van der Waals surface area contributed by atoms with Gasteiger partial charge in [0.05, 0.1) is 30.3 Å². The van der Waals surface area contributed by atoms with Crippen molar-refractivity contribution in [1.82, 2.24) is 4.90 Å². The molecule has 0 amide bonds. The van der Waals surface area contributed by atoms with Crippen molar-refractivity contribution in [3.05, 3.63) is 28.2 Å². The van der Waals surface area contributed by atoms with E-state index in [0.717, 1.165) is 23.4 Å². The van der Waals surface area contributed by atoms with Crippen molar-refractivity contribution in [3.63, 3.8) is 0 Å². The molecule has 5 heteroatoms. The Kier molecular flexibility index (Phi) is 5.43. The number of morpholine rings is 1. The van der Waals surface area contributed by atoms with Gasteiger partial charge in [-0.1, -0.05) is 6.07 Å². The summed E-state index contributed by atoms with van der Waals surface area (Å²) >= 11 is 3.56. The van der Waals surface area contributed by atoms with Gasteiger partial charge in [0, 0.05) is 19.1 Å². The SMILES string of the molecule is COc1ccc(C2C(CN)OCCN2C(C)C)cc1Br. The molecule has 2 N–H and O–H groups in total. The van der Waals surface area contributed by atoms with Crippen molar-refractivity contribution >= 4 is 15.9 Å². The lowest BCUT2D eigenvalue weighted by Gasteiger charge is -2.43. The Labute approximate surface area is 129 Å². The van der Waals surface area contributed by atoms with Crippen LogP contribution in [0.3, 0.4) is 0 Å². The number of ether oxygens (including phenoxy) is 2. The van der Waals surface area contributed by atoms with Crippen LogP contribution in [0.15, 0.2) is 22.7 Å². The fourth-order valence-corrected chi connectivity index (χ4v) is 3.36. The van der Waals surface area contributed by atoms with Gasteiger partial charge in [-0.05, 0) is 47.5 Å². The summed E-state index contributed by atoms with van der Waals surface area (Å²) in [6.07, 6.45) is 0.0337. The highest BCUT2D eigenvalue weighted by Crippen LogP contribution is 2.35. The predicted molar refractivity (Wildman–Crippen MR) is 84.1 cm³/mol. The van der Waals surface area contributed by atoms with Crippen molar-refractivity contribution in [2.75, 3.05) is 26.8 Å². The van der Waals surface area contributed by atoms with E-state index in [0.29, 0.717) is 12.6 Å². The van der Waals surface area contributed by atoms with Crippen LogP contribution in [0.25, 0.3) is 0 Å². The molecule has 1 aromatic carbocycles. The molecular weight excluding hydrogens is 320 g/mol. The maximum absolute atomic E-state index is 5.90. The van der Waals surface area contributed by atoms with E-state index < -0.39 is 0 Å². The normalized spacial score (nSPS) is 24.1. The van der Waals surface area contributed by atoms with E-state index >= 15 is 0 Å². The molecule has 1 aliphatic heterocycles. The molecule has 2 atom stereocenters. The molecule has 4 nitrogen and oxygen atoms in total. The molecule has 0 spiro atoms. The predicted octanol–water partition coefficient (Wildman–Crippen LogP) is 2.57. The zero-order valence-electron chi connectivity index (χ0n) is 12.3. The zero-order valence-corrected chi connectivity index (χ0v) is 13.9. The van der Waals surface area contributed by atoms with E-state index in [-0.39, 0.29) is 12.1 Å². The zero-order chi connectivity index (χ0) is 14.7. The van der Waals surface area contributed by atoms with Crippen LogP contribution in [0.1, 0.15) is 25.5 Å². The lowest BCUT2D eigenvalue weighted by molar-refractivity contribution is -0.0789. The molecule has 0 bridgehead atoms. The highest BCUT2D eigenvalue weighted by Gasteiger charge is 2.34. The first-order valence-corrected chi connectivity index (χ1v) is 7.78. The Morgan fingerprint density at radius 3 is 2.80 bits per heavy atom. The monoisotopic (exact) mass is 342 g/mol. The summed E-state index contributed by atoms with van der Waals surface area (Å²) in [6, 6.07) is 6.84. The van der Waals surface area contributed by atoms with Gasteiger partial charge in [0.15, 0.2) is 0 Å². The highest BCUT2D eigenvalue weighted by molar-refractivity contribution is 9.10. The van der Waals surface area contributed by atoms with E-state index in [1.807, 2.05) is 6.07 Å². The van der Waals surface area contributed by atoms with Gasteiger partial charge >= 0.3 is 0 Å².